The number of hydrogen-bond acceptors (Lipinski definition) is 2. The Bertz CT molecular complexity index is 608. The van der Waals surface area contributed by atoms with Crippen LogP contribution in [-0.2, 0) is 26.2 Å². The van der Waals surface area contributed by atoms with Crippen molar-refractivity contribution in [1.82, 2.24) is 9.13 Å². The van der Waals surface area contributed by atoms with Gasteiger partial charge >= 0.3 is 26.2 Å². The van der Waals surface area contributed by atoms with E-state index in [1.54, 1.807) is 0 Å². The van der Waals surface area contributed by atoms with E-state index in [0.717, 1.165) is 12.8 Å². The summed E-state index contributed by atoms with van der Waals surface area (Å²) < 4.78 is 5.37. The fraction of sp³-hybridized carbons (Fsp3) is 0.692. The van der Waals surface area contributed by atoms with Gasteiger partial charge in [0, 0.05) is 0 Å². The van der Waals surface area contributed by atoms with E-state index in [1.165, 1.54) is 10.4 Å². The molecule has 0 fully saturated rings. The fourth-order valence-corrected chi connectivity index (χ4v) is 13.5. The quantitative estimate of drug-likeness (QED) is 0.317. The van der Waals surface area contributed by atoms with Gasteiger partial charge in [0.05, 0.1) is 0 Å². The first-order valence-electron chi connectivity index (χ1n) is 11.9. The third-order valence-electron chi connectivity index (χ3n) is 6.22. The Morgan fingerprint density at radius 2 is 0.848 bits per heavy atom. The summed E-state index contributed by atoms with van der Waals surface area (Å²) in [6.07, 6.45) is 18.1. The topological polar surface area (TPSA) is 6.48 Å². The smallest absolute Gasteiger partial charge is 1.00 e. The molecule has 0 unspecified atom stereocenters. The molecule has 0 aliphatic heterocycles. The van der Waals surface area contributed by atoms with Crippen LogP contribution in [0.15, 0.2) is 34.7 Å². The van der Waals surface area contributed by atoms with Crippen molar-refractivity contribution in [3.8, 4) is 0 Å². The van der Waals surface area contributed by atoms with Crippen LogP contribution in [0.1, 0.15) is 68.2 Å². The minimum atomic E-state index is -1.47. The Morgan fingerprint density at radius 3 is 1.00 bits per heavy atom. The maximum absolute atomic E-state index is 3.51. The number of halogens is 2. The van der Waals surface area contributed by atoms with Gasteiger partial charge in [0.1, 0.15) is 16.5 Å². The van der Waals surface area contributed by atoms with Gasteiger partial charge in [-0.3, -0.25) is 12.2 Å². The van der Waals surface area contributed by atoms with E-state index in [-0.39, 0.29) is 35.6 Å². The summed E-state index contributed by atoms with van der Waals surface area (Å²) in [5, 5.41) is 2.95. The summed E-state index contributed by atoms with van der Waals surface area (Å²) in [6, 6.07) is 2.48. The average molecular weight is 574 g/mol. The molecule has 2 aliphatic carbocycles. The first kappa shape index (κ1) is 37.6. The monoisotopic (exact) mass is 572 g/mol. The van der Waals surface area contributed by atoms with Gasteiger partial charge in [-0.25, -0.2) is 22.5 Å². The van der Waals surface area contributed by atoms with Gasteiger partial charge in [-0.1, -0.05) is 81.6 Å². The number of nitrogens with zero attached hydrogens (tertiary/aromatic N) is 2. The van der Waals surface area contributed by atoms with E-state index < -0.39 is 16.5 Å². The molecule has 0 aromatic carbocycles. The Labute approximate surface area is 225 Å². The molecule has 0 atom stereocenters. The van der Waals surface area contributed by atoms with Crippen molar-refractivity contribution in [2.75, 3.05) is 0 Å². The Balaban J connectivity index is -0.000000500. The van der Waals surface area contributed by atoms with Gasteiger partial charge in [0.15, 0.2) is 0 Å². The van der Waals surface area contributed by atoms with Gasteiger partial charge in [-0.15, -0.1) is 12.8 Å². The molecule has 0 heterocycles. The normalized spacial score (nSPS) is 15.5. The molecule has 0 saturated carbocycles. The van der Waals surface area contributed by atoms with Crippen LogP contribution in [0.3, 0.4) is 0 Å². The Morgan fingerprint density at radius 1 is 0.606 bits per heavy atom. The average Bonchev–Trinajstić information content (AvgIpc) is 3.28. The van der Waals surface area contributed by atoms with E-state index in [9.17, 15) is 0 Å². The first-order valence-corrected chi connectivity index (χ1v) is 17.8. The van der Waals surface area contributed by atoms with Crippen LogP contribution in [0.2, 0.25) is 26.2 Å². The summed E-state index contributed by atoms with van der Waals surface area (Å²) in [5.41, 5.74) is 0. The van der Waals surface area contributed by atoms with Crippen molar-refractivity contribution < 1.29 is 35.6 Å². The van der Waals surface area contributed by atoms with Crippen LogP contribution < -0.4 is 9.41 Å². The molecule has 188 valence electrons. The van der Waals surface area contributed by atoms with Crippen molar-refractivity contribution in [2.24, 2.45) is 0 Å². The molecule has 2 nitrogen and oxygen atoms in total. The molecule has 0 amide bonds. The fourth-order valence-electron chi connectivity index (χ4n) is 5.70. The molecule has 33 heavy (non-hydrogen) atoms. The van der Waals surface area contributed by atoms with Crippen LogP contribution in [0.4, 0.5) is 0 Å². The summed E-state index contributed by atoms with van der Waals surface area (Å²) >= 11 is 0. The minimum absolute atomic E-state index is 0. The molecule has 0 bridgehead atoms. The van der Waals surface area contributed by atoms with Crippen LogP contribution in [0, 0.1) is 12.2 Å². The van der Waals surface area contributed by atoms with Gasteiger partial charge in [-0.05, 0) is 24.2 Å². The largest absolute Gasteiger partial charge is 4.00 e. The third-order valence-corrected chi connectivity index (χ3v) is 14.2. The van der Waals surface area contributed by atoms with E-state index in [2.05, 4.69) is 127 Å². The van der Waals surface area contributed by atoms with Crippen LogP contribution in [0.5, 0.6) is 0 Å². The molecular formula is C26H48F2N2Si2Zr. The second-order valence-corrected chi connectivity index (χ2v) is 19.0. The Hall–Kier alpha value is 0.0569. The predicted molar refractivity (Wildman–Crippen MR) is 140 cm³/mol. The van der Waals surface area contributed by atoms with E-state index in [1.807, 2.05) is 0 Å². The van der Waals surface area contributed by atoms with Gasteiger partial charge < -0.3 is 18.5 Å². The van der Waals surface area contributed by atoms with Crippen molar-refractivity contribution in [3.63, 3.8) is 0 Å². The molecule has 2 aliphatic rings. The summed E-state index contributed by atoms with van der Waals surface area (Å²) in [6.45, 7) is 28.1. The standard InChI is InChI=1S/2C13H24NSi.2FH.Zr/c2*1-11(2)14(12(3)4)15(5,6)13-9-7-8-10-13;;;/h2*7,9,11-12H,8H2,1-6H3;2*1H;/q2*-1;;;+4/p-2. The van der Waals surface area contributed by atoms with E-state index >= 15 is 0 Å². The second-order valence-electron chi connectivity index (χ2n) is 10.7. The maximum atomic E-state index is 3.51. The second kappa shape index (κ2) is 15.9. The molecule has 0 radical (unpaired) electrons. The number of allylic oxidation sites excluding steroid dienone is 8. The van der Waals surface area contributed by atoms with E-state index in [4.69, 9.17) is 0 Å². The van der Waals surface area contributed by atoms with Gasteiger partial charge in [-0.2, -0.15) is 12.2 Å². The van der Waals surface area contributed by atoms with Crippen LogP contribution >= 0.6 is 0 Å². The molecular weight excluding hydrogens is 526 g/mol. The SMILES string of the molecule is CC(C)N(C(C)C)[Si](C)(C)C1=[C-]CC=C1.CC(C)N(C(C)C)[Si](C)(C)C1=[C-]CC=C1.[F-].[F-].[Zr+4]. The van der Waals surface area contributed by atoms with Crippen molar-refractivity contribution in [1.29, 1.82) is 0 Å². The van der Waals surface area contributed by atoms with Crippen molar-refractivity contribution >= 4 is 16.5 Å². The van der Waals surface area contributed by atoms with Crippen LogP contribution in [-0.4, -0.2) is 49.8 Å². The summed E-state index contributed by atoms with van der Waals surface area (Å²) in [7, 11) is -2.95. The van der Waals surface area contributed by atoms with Crippen LogP contribution in [0.25, 0.3) is 0 Å². The molecule has 0 aromatic rings. The minimum Gasteiger partial charge on any atom is -1.00 e. The maximum Gasteiger partial charge on any atom is 4.00 e. The molecule has 0 spiro atoms. The molecule has 0 N–H and O–H groups in total. The Kier molecular flexibility index (Phi) is 18.2. The zero-order valence-corrected chi connectivity index (χ0v) is 27.6. The molecule has 7 heteroatoms. The van der Waals surface area contributed by atoms with Gasteiger partial charge in [0.25, 0.3) is 0 Å². The van der Waals surface area contributed by atoms with E-state index in [0.29, 0.717) is 24.2 Å². The zero-order chi connectivity index (χ0) is 23.3. The van der Waals surface area contributed by atoms with Crippen molar-refractivity contribution in [3.05, 3.63) is 46.8 Å². The number of rotatable bonds is 8. The molecule has 0 saturated heterocycles. The molecule has 0 aromatic heterocycles. The first-order chi connectivity index (χ1) is 13.7. The third kappa shape index (κ3) is 9.91. The molecule has 2 rings (SSSR count). The van der Waals surface area contributed by atoms with Gasteiger partial charge in [0.2, 0.25) is 0 Å². The predicted octanol–water partition coefficient (Wildman–Crippen LogP) is 1.08. The summed E-state index contributed by atoms with van der Waals surface area (Å²) in [4.78, 5) is 0. The number of hydrogen-bond donors (Lipinski definition) is 0. The summed E-state index contributed by atoms with van der Waals surface area (Å²) in [5.74, 6) is 0. The van der Waals surface area contributed by atoms with Crippen molar-refractivity contribution in [2.45, 2.75) is 119 Å². The zero-order valence-electron chi connectivity index (χ0n) is 23.2.